The first-order valence-electron chi connectivity index (χ1n) is 2.31. The Kier molecular flexibility index (Phi) is 2.10. The van der Waals surface area contributed by atoms with Gasteiger partial charge in [-0.3, -0.25) is 0 Å². The van der Waals surface area contributed by atoms with E-state index < -0.39 is 16.7 Å². The lowest BCUT2D eigenvalue weighted by Crippen LogP contribution is -2.36. The van der Waals surface area contributed by atoms with Crippen LogP contribution in [0.2, 0.25) is 0 Å². The number of rotatable bonds is 2. The van der Waals surface area contributed by atoms with Gasteiger partial charge in [-0.1, -0.05) is 15.9 Å². The minimum atomic E-state index is -3.57. The second kappa shape index (κ2) is 2.53. The second-order valence-electron chi connectivity index (χ2n) is 1.51. The van der Waals surface area contributed by atoms with Crippen molar-refractivity contribution in [1.29, 1.82) is 0 Å². The summed E-state index contributed by atoms with van der Waals surface area (Å²) in [7, 11) is -3.57. The van der Waals surface area contributed by atoms with Crippen LogP contribution in [0, 0.1) is 0 Å². The molecule has 1 aliphatic rings. The van der Waals surface area contributed by atoms with Crippen LogP contribution in [0.15, 0.2) is 0 Å². The topological polar surface area (TPSA) is 52.6 Å². The molecular formula is C3H5BrO4S. The van der Waals surface area contributed by atoms with Gasteiger partial charge in [-0.2, -0.15) is 8.42 Å². The Morgan fingerprint density at radius 1 is 1.44 bits per heavy atom. The number of hydrogen-bond acceptors (Lipinski definition) is 4. The minimum absolute atomic E-state index is 0.555. The van der Waals surface area contributed by atoms with Crippen LogP contribution in [0.3, 0.4) is 0 Å². The van der Waals surface area contributed by atoms with E-state index in [-0.39, 0.29) is 0 Å². The summed E-state index contributed by atoms with van der Waals surface area (Å²) in [6.45, 7) is 0. The molecule has 54 valence electrons. The van der Waals surface area contributed by atoms with Crippen molar-refractivity contribution < 1.29 is 16.8 Å². The van der Waals surface area contributed by atoms with Crippen LogP contribution in [-0.4, -0.2) is 20.0 Å². The first kappa shape index (κ1) is 7.46. The van der Waals surface area contributed by atoms with Crippen LogP contribution < -0.4 is 0 Å². The smallest absolute Gasteiger partial charge is 0.215 e. The largest absolute Gasteiger partial charge is 0.404 e. The van der Waals surface area contributed by atoms with Crippen molar-refractivity contribution in [3.8, 4) is 0 Å². The molecule has 0 aliphatic carbocycles. The summed E-state index contributed by atoms with van der Waals surface area (Å²) in [5.74, 6) is 0. The van der Waals surface area contributed by atoms with Crippen LogP contribution in [0.1, 0.15) is 6.42 Å². The molecule has 0 N–H and O–H groups in total. The van der Waals surface area contributed by atoms with E-state index in [0.717, 1.165) is 0 Å². The highest BCUT2D eigenvalue weighted by atomic mass is 79.9. The summed E-state index contributed by atoms with van der Waals surface area (Å²) >= 11 is 3.11. The fourth-order valence-corrected chi connectivity index (χ4v) is 1.56. The van der Waals surface area contributed by atoms with E-state index in [1.54, 1.807) is 0 Å². The summed E-state index contributed by atoms with van der Waals surface area (Å²) in [5, 5.41) is 0.674. The Bertz CT molecular complexity index is 174. The van der Waals surface area contributed by atoms with Gasteiger partial charge in [-0.25, -0.2) is 8.37 Å². The zero-order chi connectivity index (χ0) is 6.91. The number of halogens is 1. The zero-order valence-electron chi connectivity index (χ0n) is 4.41. The normalized spacial score (nSPS) is 25.4. The Labute approximate surface area is 61.6 Å². The van der Waals surface area contributed by atoms with Gasteiger partial charge >= 0.3 is 10.4 Å². The first-order chi connectivity index (χ1) is 4.14. The molecule has 4 nitrogen and oxygen atoms in total. The molecule has 0 aromatic rings. The Hall–Kier alpha value is 0.350. The third-order valence-corrected chi connectivity index (χ3v) is 2.15. The molecule has 0 saturated carbocycles. The highest BCUT2D eigenvalue weighted by Crippen LogP contribution is 2.20. The highest BCUT2D eigenvalue weighted by molar-refractivity contribution is 9.09. The predicted molar refractivity (Wildman–Crippen MR) is 33.3 cm³/mol. The van der Waals surface area contributed by atoms with E-state index >= 15 is 0 Å². The van der Waals surface area contributed by atoms with Crippen molar-refractivity contribution in [1.82, 2.24) is 0 Å². The van der Waals surface area contributed by atoms with Gasteiger partial charge in [0.2, 0.25) is 0 Å². The summed E-state index contributed by atoms with van der Waals surface area (Å²) in [6, 6.07) is 0. The summed E-state index contributed by atoms with van der Waals surface area (Å²) in [4.78, 5) is 0. The number of hydrogen-bond donors (Lipinski definition) is 0. The molecule has 6 heteroatoms. The van der Waals surface area contributed by atoms with Crippen LogP contribution >= 0.6 is 15.9 Å². The van der Waals surface area contributed by atoms with E-state index in [2.05, 4.69) is 24.3 Å². The minimum Gasteiger partial charge on any atom is -0.215 e. The average molecular weight is 217 g/mol. The molecule has 0 radical (unpaired) electrons. The molecule has 0 unspecified atom stereocenters. The number of alkyl halides is 1. The van der Waals surface area contributed by atoms with Gasteiger partial charge in [0.05, 0.1) is 0 Å². The van der Waals surface area contributed by atoms with Crippen molar-refractivity contribution in [3.05, 3.63) is 0 Å². The molecule has 0 bridgehead atoms. The quantitative estimate of drug-likeness (QED) is 0.627. The van der Waals surface area contributed by atoms with Crippen LogP contribution in [0.25, 0.3) is 0 Å². The van der Waals surface area contributed by atoms with E-state index in [0.29, 0.717) is 11.8 Å². The third-order valence-electron chi connectivity index (χ3n) is 0.795. The molecule has 1 saturated heterocycles. The monoisotopic (exact) mass is 216 g/mol. The first-order valence-corrected chi connectivity index (χ1v) is 4.77. The summed E-state index contributed by atoms with van der Waals surface area (Å²) in [5.41, 5.74) is 0. The van der Waals surface area contributed by atoms with Crippen molar-refractivity contribution in [2.24, 2.45) is 0 Å². The van der Waals surface area contributed by atoms with Crippen LogP contribution in [0.4, 0.5) is 0 Å². The molecule has 1 rings (SSSR count). The molecule has 1 heterocycles. The maximum Gasteiger partial charge on any atom is 0.404 e. The van der Waals surface area contributed by atoms with Crippen LogP contribution in [0.5, 0.6) is 0 Å². The van der Waals surface area contributed by atoms with E-state index in [4.69, 9.17) is 0 Å². The molecule has 0 amide bonds. The standard InChI is InChI=1S/C3H5BrO4S/c4-2-1-3-7-9(5,6)8-3/h3H,1-2H2. The van der Waals surface area contributed by atoms with Gasteiger partial charge < -0.3 is 0 Å². The second-order valence-corrected chi connectivity index (χ2v) is 3.50. The Morgan fingerprint density at radius 2 is 2.00 bits per heavy atom. The predicted octanol–water partition coefficient (Wildman–Crippen LogP) is 0.389. The summed E-state index contributed by atoms with van der Waals surface area (Å²) in [6.07, 6.45) is -0.00597. The van der Waals surface area contributed by atoms with Crippen molar-refractivity contribution in [2.45, 2.75) is 12.7 Å². The zero-order valence-corrected chi connectivity index (χ0v) is 6.81. The van der Waals surface area contributed by atoms with E-state index in [1.807, 2.05) is 0 Å². The van der Waals surface area contributed by atoms with Gasteiger partial charge in [-0.05, 0) is 0 Å². The van der Waals surface area contributed by atoms with Crippen LogP contribution in [-0.2, 0) is 18.8 Å². The molecule has 1 fully saturated rings. The van der Waals surface area contributed by atoms with E-state index in [9.17, 15) is 8.42 Å². The fourth-order valence-electron chi connectivity index (χ4n) is 0.455. The molecular weight excluding hydrogens is 212 g/mol. The molecule has 9 heavy (non-hydrogen) atoms. The third kappa shape index (κ3) is 1.89. The lowest BCUT2D eigenvalue weighted by atomic mass is 10.5. The van der Waals surface area contributed by atoms with Gasteiger partial charge in [0.15, 0.2) is 6.29 Å². The highest BCUT2D eigenvalue weighted by Gasteiger charge is 2.35. The average Bonchev–Trinajstić information content (AvgIpc) is 1.62. The molecule has 0 atom stereocenters. The SMILES string of the molecule is O=S1(=O)OC(CCBr)O1. The van der Waals surface area contributed by atoms with Gasteiger partial charge in [0.25, 0.3) is 0 Å². The molecule has 0 aromatic heterocycles. The Balaban J connectivity index is 2.28. The maximum atomic E-state index is 10.1. The fraction of sp³-hybridized carbons (Fsp3) is 1.00. The molecule has 0 spiro atoms. The lowest BCUT2D eigenvalue weighted by molar-refractivity contribution is -0.0790. The van der Waals surface area contributed by atoms with Crippen molar-refractivity contribution >= 4 is 26.3 Å². The van der Waals surface area contributed by atoms with Gasteiger partial charge in [-0.15, -0.1) is 0 Å². The van der Waals surface area contributed by atoms with Gasteiger partial charge in [0.1, 0.15) is 0 Å². The molecule has 0 aromatic carbocycles. The van der Waals surface area contributed by atoms with Crippen molar-refractivity contribution in [2.75, 3.05) is 5.33 Å². The van der Waals surface area contributed by atoms with E-state index in [1.165, 1.54) is 0 Å². The maximum absolute atomic E-state index is 10.1. The van der Waals surface area contributed by atoms with Crippen molar-refractivity contribution in [3.63, 3.8) is 0 Å². The molecule has 1 aliphatic heterocycles. The van der Waals surface area contributed by atoms with Gasteiger partial charge in [0, 0.05) is 11.8 Å². The summed E-state index contributed by atoms with van der Waals surface area (Å²) < 4.78 is 28.8. The Morgan fingerprint density at radius 3 is 2.33 bits per heavy atom. The lowest BCUT2D eigenvalue weighted by Gasteiger charge is -2.23.